The summed E-state index contributed by atoms with van der Waals surface area (Å²) in [5, 5.41) is 0. The highest BCUT2D eigenvalue weighted by Crippen LogP contribution is 2.35. The Bertz CT molecular complexity index is 387. The zero-order valence-electron chi connectivity index (χ0n) is 22.5. The topological polar surface area (TPSA) is 49.5 Å². The van der Waals surface area contributed by atoms with Crippen molar-refractivity contribution >= 4 is 0 Å². The second-order valence-corrected chi connectivity index (χ2v) is 9.64. The summed E-state index contributed by atoms with van der Waals surface area (Å²) in [4.78, 5) is 0. The first-order valence-corrected chi connectivity index (χ1v) is 14.3. The second kappa shape index (κ2) is 21.1. The lowest BCUT2D eigenvalue weighted by atomic mass is 9.92. The fourth-order valence-electron chi connectivity index (χ4n) is 4.03. The van der Waals surface area contributed by atoms with Gasteiger partial charge in [0.15, 0.2) is 0 Å². The molecular formula is C28H56O5. The van der Waals surface area contributed by atoms with Crippen LogP contribution in [0.15, 0.2) is 0 Å². The maximum atomic E-state index is 6.52. The van der Waals surface area contributed by atoms with Gasteiger partial charge in [-0.3, -0.25) is 0 Å². The highest BCUT2D eigenvalue weighted by molar-refractivity contribution is 4.74. The average molecular weight is 473 g/mol. The Kier molecular flexibility index (Phi) is 19.7. The molecule has 1 rings (SSSR count). The molecule has 5 heteroatoms. The molecule has 0 N–H and O–H groups in total. The lowest BCUT2D eigenvalue weighted by molar-refractivity contribution is -0.407. The third kappa shape index (κ3) is 15.4. The van der Waals surface area contributed by atoms with Crippen molar-refractivity contribution in [1.82, 2.24) is 0 Å². The molecule has 0 aromatic rings. The summed E-state index contributed by atoms with van der Waals surface area (Å²) >= 11 is 0. The van der Waals surface area contributed by atoms with Gasteiger partial charge in [-0.15, -0.1) is 0 Å². The molecule has 198 valence electrons. The molecule has 33 heavy (non-hydrogen) atoms. The molecule has 2 unspecified atom stereocenters. The van der Waals surface area contributed by atoms with Crippen molar-refractivity contribution in [3.63, 3.8) is 0 Å². The van der Waals surface area contributed by atoms with Gasteiger partial charge in [0, 0.05) is 12.5 Å². The lowest BCUT2D eigenvalue weighted by Gasteiger charge is -2.40. The van der Waals surface area contributed by atoms with Crippen LogP contribution in [0.1, 0.15) is 124 Å². The largest absolute Gasteiger partial charge is 0.379 e. The fraction of sp³-hybridized carbons (Fsp3) is 1.00. The molecule has 0 spiro atoms. The Hall–Kier alpha value is -0.200. The van der Waals surface area contributed by atoms with Crippen molar-refractivity contribution in [2.45, 2.75) is 136 Å². The monoisotopic (exact) mass is 472 g/mol. The van der Waals surface area contributed by atoms with Gasteiger partial charge in [-0.05, 0) is 38.5 Å². The van der Waals surface area contributed by atoms with E-state index in [1.807, 2.05) is 0 Å². The first-order chi connectivity index (χ1) is 16.2. The highest BCUT2D eigenvalue weighted by atomic mass is 16.9. The minimum atomic E-state index is -0.914. The molecule has 5 nitrogen and oxygen atoms in total. The number of epoxide rings is 1. The van der Waals surface area contributed by atoms with Crippen LogP contribution in [0.5, 0.6) is 0 Å². The molecule has 0 saturated carbocycles. The van der Waals surface area contributed by atoms with Gasteiger partial charge < -0.3 is 23.7 Å². The van der Waals surface area contributed by atoms with Crippen LogP contribution in [0, 0.1) is 5.92 Å². The van der Waals surface area contributed by atoms with Crippen molar-refractivity contribution in [2.75, 3.05) is 39.6 Å². The Morgan fingerprint density at radius 3 is 1.64 bits per heavy atom. The van der Waals surface area contributed by atoms with Crippen LogP contribution in [0.2, 0.25) is 0 Å². The summed E-state index contributed by atoms with van der Waals surface area (Å²) in [7, 11) is 0. The van der Waals surface area contributed by atoms with E-state index in [4.69, 9.17) is 23.7 Å². The van der Waals surface area contributed by atoms with Crippen molar-refractivity contribution < 1.29 is 23.7 Å². The SMILES string of the molecule is CCCCCCCCC(CCCOCC1CO1)C(OCCCC)(OCCCC)OCCCC. The van der Waals surface area contributed by atoms with Gasteiger partial charge in [0.25, 0.3) is 5.97 Å². The lowest BCUT2D eigenvalue weighted by Crippen LogP contribution is -2.47. The summed E-state index contributed by atoms with van der Waals surface area (Å²) < 4.78 is 30.7. The minimum absolute atomic E-state index is 0.231. The second-order valence-electron chi connectivity index (χ2n) is 9.64. The Morgan fingerprint density at radius 2 is 1.12 bits per heavy atom. The number of ether oxygens (including phenoxy) is 5. The van der Waals surface area contributed by atoms with E-state index in [2.05, 4.69) is 27.7 Å². The summed E-state index contributed by atoms with van der Waals surface area (Å²) in [5.41, 5.74) is 0. The van der Waals surface area contributed by atoms with E-state index in [9.17, 15) is 0 Å². The smallest absolute Gasteiger partial charge is 0.285 e. The normalized spacial score (nSPS) is 16.9. The van der Waals surface area contributed by atoms with E-state index in [-0.39, 0.29) is 5.92 Å². The van der Waals surface area contributed by atoms with Crippen LogP contribution in [-0.2, 0) is 23.7 Å². The number of unbranched alkanes of at least 4 members (excludes halogenated alkanes) is 8. The first kappa shape index (κ1) is 30.8. The van der Waals surface area contributed by atoms with Crippen molar-refractivity contribution in [2.24, 2.45) is 5.92 Å². The van der Waals surface area contributed by atoms with Gasteiger partial charge in [0.1, 0.15) is 6.10 Å². The summed E-state index contributed by atoms with van der Waals surface area (Å²) in [5.74, 6) is -0.683. The van der Waals surface area contributed by atoms with Gasteiger partial charge in [-0.25, -0.2) is 0 Å². The number of hydrogen-bond acceptors (Lipinski definition) is 5. The average Bonchev–Trinajstić information content (AvgIpc) is 3.64. The summed E-state index contributed by atoms with van der Waals surface area (Å²) in [6.45, 7) is 13.3. The molecule has 1 heterocycles. The maximum Gasteiger partial charge on any atom is 0.285 e. The van der Waals surface area contributed by atoms with E-state index >= 15 is 0 Å². The predicted octanol–water partition coefficient (Wildman–Crippen LogP) is 7.65. The Labute approximate surface area is 205 Å². The molecule has 1 fully saturated rings. The summed E-state index contributed by atoms with van der Waals surface area (Å²) in [6, 6.07) is 0. The number of hydrogen-bond donors (Lipinski definition) is 0. The van der Waals surface area contributed by atoms with Crippen LogP contribution < -0.4 is 0 Å². The third-order valence-electron chi connectivity index (χ3n) is 6.36. The van der Waals surface area contributed by atoms with Crippen LogP contribution in [0.25, 0.3) is 0 Å². The van der Waals surface area contributed by atoms with E-state index < -0.39 is 5.97 Å². The fourth-order valence-corrected chi connectivity index (χ4v) is 4.03. The molecule has 0 aromatic carbocycles. The quantitative estimate of drug-likeness (QED) is 0.0735. The van der Waals surface area contributed by atoms with Crippen molar-refractivity contribution in [1.29, 1.82) is 0 Å². The van der Waals surface area contributed by atoms with Crippen LogP contribution in [-0.4, -0.2) is 51.7 Å². The van der Waals surface area contributed by atoms with E-state index in [1.165, 1.54) is 38.5 Å². The van der Waals surface area contributed by atoms with Gasteiger partial charge in [-0.2, -0.15) is 0 Å². The molecule has 0 aliphatic carbocycles. The molecule has 2 atom stereocenters. The predicted molar refractivity (Wildman–Crippen MR) is 137 cm³/mol. The van der Waals surface area contributed by atoms with Crippen LogP contribution in [0.4, 0.5) is 0 Å². The minimum Gasteiger partial charge on any atom is -0.379 e. The van der Waals surface area contributed by atoms with Gasteiger partial charge in [0.2, 0.25) is 0 Å². The molecule has 0 amide bonds. The molecule has 1 aliphatic heterocycles. The van der Waals surface area contributed by atoms with Crippen molar-refractivity contribution in [3.05, 3.63) is 0 Å². The molecule has 1 aliphatic rings. The van der Waals surface area contributed by atoms with E-state index in [1.54, 1.807) is 0 Å². The summed E-state index contributed by atoms with van der Waals surface area (Å²) in [6.07, 6.45) is 17.6. The zero-order chi connectivity index (χ0) is 24.0. The molecule has 0 bridgehead atoms. The molecule has 0 aromatic heterocycles. The van der Waals surface area contributed by atoms with Crippen LogP contribution in [0.3, 0.4) is 0 Å². The third-order valence-corrected chi connectivity index (χ3v) is 6.36. The van der Waals surface area contributed by atoms with E-state index in [0.717, 1.165) is 77.6 Å². The Balaban J connectivity index is 2.80. The van der Waals surface area contributed by atoms with Gasteiger partial charge >= 0.3 is 0 Å². The van der Waals surface area contributed by atoms with Crippen LogP contribution >= 0.6 is 0 Å². The highest BCUT2D eigenvalue weighted by Gasteiger charge is 2.42. The maximum absolute atomic E-state index is 6.52. The van der Waals surface area contributed by atoms with E-state index in [0.29, 0.717) is 25.9 Å². The van der Waals surface area contributed by atoms with Crippen molar-refractivity contribution in [3.8, 4) is 0 Å². The van der Waals surface area contributed by atoms with Gasteiger partial charge in [0.05, 0.1) is 33.0 Å². The first-order valence-electron chi connectivity index (χ1n) is 14.3. The molecule has 0 radical (unpaired) electrons. The molecular weight excluding hydrogens is 416 g/mol. The number of rotatable bonds is 26. The molecule has 1 saturated heterocycles. The standard InChI is InChI=1S/C28H56O5/c1-5-9-13-14-15-16-18-26(19-17-20-29-24-27-25-30-27)28(31-21-10-6-2,32-22-11-7-3)33-23-12-8-4/h26-27H,5-25H2,1-4H3. The van der Waals surface area contributed by atoms with Gasteiger partial charge in [-0.1, -0.05) is 85.5 Å². The zero-order valence-corrected chi connectivity index (χ0v) is 22.5. The Morgan fingerprint density at radius 1 is 0.636 bits per heavy atom.